The highest BCUT2D eigenvalue weighted by Crippen LogP contribution is 2.24. The Morgan fingerprint density at radius 2 is 2.20 bits per heavy atom. The third-order valence-electron chi connectivity index (χ3n) is 2.51. The minimum atomic E-state index is -0.520. The van der Waals surface area contributed by atoms with Gasteiger partial charge < -0.3 is 10.1 Å². The van der Waals surface area contributed by atoms with Crippen LogP contribution in [0.5, 0.6) is 5.75 Å². The summed E-state index contributed by atoms with van der Waals surface area (Å²) < 4.78 is 19.4. The Hall–Kier alpha value is -2.06. The molecule has 0 unspecified atom stereocenters. The van der Waals surface area contributed by atoms with Gasteiger partial charge in [-0.3, -0.25) is 0 Å². The van der Waals surface area contributed by atoms with E-state index in [2.05, 4.69) is 32.2 Å². The normalized spacial score (nSPS) is 9.85. The Kier molecular flexibility index (Phi) is 4.97. The first-order valence-electron chi connectivity index (χ1n) is 5.90. The molecule has 2 aromatic rings. The predicted molar refractivity (Wildman–Crippen MR) is 80.0 cm³/mol. The summed E-state index contributed by atoms with van der Waals surface area (Å²) in [4.78, 5) is 3.74. The fourth-order valence-corrected chi connectivity index (χ4v) is 2.05. The van der Waals surface area contributed by atoms with Crippen LogP contribution in [-0.2, 0) is 6.54 Å². The van der Waals surface area contributed by atoms with Gasteiger partial charge in [0.25, 0.3) is 0 Å². The summed E-state index contributed by atoms with van der Waals surface area (Å²) in [6.07, 6.45) is 5.19. The summed E-state index contributed by atoms with van der Waals surface area (Å²) in [7, 11) is 0. The Balaban J connectivity index is 2.11. The van der Waals surface area contributed by atoms with E-state index >= 15 is 0 Å². The van der Waals surface area contributed by atoms with Gasteiger partial charge in [0.1, 0.15) is 18.2 Å². The van der Waals surface area contributed by atoms with Crippen molar-refractivity contribution in [2.45, 2.75) is 6.54 Å². The zero-order valence-electron chi connectivity index (χ0n) is 10.6. The number of anilines is 1. The molecule has 0 amide bonds. The van der Waals surface area contributed by atoms with Gasteiger partial charge in [-0.2, -0.15) is 4.39 Å². The van der Waals surface area contributed by atoms with Crippen molar-refractivity contribution >= 4 is 21.7 Å². The minimum absolute atomic E-state index is 0.201. The van der Waals surface area contributed by atoms with E-state index in [1.807, 2.05) is 18.2 Å². The number of hydrogen-bond donors (Lipinski definition) is 1. The van der Waals surface area contributed by atoms with Crippen LogP contribution in [0, 0.1) is 18.3 Å². The summed E-state index contributed by atoms with van der Waals surface area (Å²) in [5.74, 6) is 3.06. The molecular formula is C15H12BrFN2O. The molecule has 5 heteroatoms. The molecule has 102 valence electrons. The number of halogens is 2. The van der Waals surface area contributed by atoms with Gasteiger partial charge in [0, 0.05) is 16.6 Å². The van der Waals surface area contributed by atoms with E-state index in [0.29, 0.717) is 18.1 Å². The Labute approximate surface area is 125 Å². The quantitative estimate of drug-likeness (QED) is 0.670. The van der Waals surface area contributed by atoms with Gasteiger partial charge in [-0.15, -0.1) is 6.42 Å². The molecule has 0 aliphatic rings. The molecule has 1 heterocycles. The lowest BCUT2D eigenvalue weighted by atomic mass is 10.2. The topological polar surface area (TPSA) is 34.1 Å². The molecule has 0 bridgehead atoms. The smallest absolute Gasteiger partial charge is 0.214 e. The molecular weight excluding hydrogens is 323 g/mol. The van der Waals surface area contributed by atoms with Crippen LogP contribution in [0.15, 0.2) is 40.9 Å². The van der Waals surface area contributed by atoms with E-state index in [1.165, 1.54) is 6.07 Å². The number of benzene rings is 1. The molecule has 0 atom stereocenters. The molecule has 1 aromatic carbocycles. The lowest BCUT2D eigenvalue weighted by Gasteiger charge is -2.11. The van der Waals surface area contributed by atoms with Crippen LogP contribution in [0.1, 0.15) is 5.56 Å². The SMILES string of the molecule is C#CCOc1ccc(Br)cc1CNc1cccc(F)n1. The maximum atomic E-state index is 13.0. The van der Waals surface area contributed by atoms with Crippen LogP contribution in [0.4, 0.5) is 10.2 Å². The molecule has 3 nitrogen and oxygen atoms in total. The summed E-state index contributed by atoms with van der Waals surface area (Å²) in [6, 6.07) is 10.2. The van der Waals surface area contributed by atoms with Crippen molar-refractivity contribution in [3.8, 4) is 18.1 Å². The zero-order valence-corrected chi connectivity index (χ0v) is 12.2. The van der Waals surface area contributed by atoms with Gasteiger partial charge in [0.15, 0.2) is 0 Å². The van der Waals surface area contributed by atoms with E-state index in [9.17, 15) is 4.39 Å². The lowest BCUT2D eigenvalue weighted by Crippen LogP contribution is -2.05. The zero-order chi connectivity index (χ0) is 14.4. The monoisotopic (exact) mass is 334 g/mol. The van der Waals surface area contributed by atoms with Crippen molar-refractivity contribution in [3.63, 3.8) is 0 Å². The van der Waals surface area contributed by atoms with Crippen molar-refractivity contribution in [3.05, 3.63) is 52.4 Å². The average molecular weight is 335 g/mol. The summed E-state index contributed by atoms with van der Waals surface area (Å²) in [5.41, 5.74) is 0.903. The van der Waals surface area contributed by atoms with Crippen molar-refractivity contribution < 1.29 is 9.13 Å². The Morgan fingerprint density at radius 1 is 1.35 bits per heavy atom. The van der Waals surface area contributed by atoms with E-state index in [1.54, 1.807) is 12.1 Å². The first-order valence-corrected chi connectivity index (χ1v) is 6.69. The fourth-order valence-electron chi connectivity index (χ4n) is 1.64. The van der Waals surface area contributed by atoms with Gasteiger partial charge in [-0.25, -0.2) is 4.98 Å². The highest BCUT2D eigenvalue weighted by atomic mass is 79.9. The molecule has 2 rings (SSSR count). The second-order valence-corrected chi connectivity index (χ2v) is 4.86. The van der Waals surface area contributed by atoms with Gasteiger partial charge in [0.2, 0.25) is 5.95 Å². The van der Waals surface area contributed by atoms with Gasteiger partial charge >= 0.3 is 0 Å². The number of nitrogens with zero attached hydrogens (tertiary/aromatic N) is 1. The number of hydrogen-bond acceptors (Lipinski definition) is 3. The van der Waals surface area contributed by atoms with E-state index in [0.717, 1.165) is 10.0 Å². The largest absolute Gasteiger partial charge is 0.481 e. The van der Waals surface area contributed by atoms with Crippen LogP contribution in [0.25, 0.3) is 0 Å². The van der Waals surface area contributed by atoms with Crippen LogP contribution in [-0.4, -0.2) is 11.6 Å². The third kappa shape index (κ3) is 3.97. The maximum absolute atomic E-state index is 13.0. The summed E-state index contributed by atoms with van der Waals surface area (Å²) in [6.45, 7) is 0.655. The highest BCUT2D eigenvalue weighted by Gasteiger charge is 2.05. The number of terminal acetylenes is 1. The standard InChI is InChI=1S/C15H12BrFN2O/c1-2-8-20-13-7-6-12(16)9-11(13)10-18-15-5-3-4-14(17)19-15/h1,3-7,9H,8,10H2,(H,18,19). The van der Waals surface area contributed by atoms with Gasteiger partial charge in [0.05, 0.1) is 0 Å². The first kappa shape index (κ1) is 14.4. The lowest BCUT2D eigenvalue weighted by molar-refractivity contribution is 0.366. The number of ether oxygens (including phenoxy) is 1. The van der Waals surface area contributed by atoms with Crippen molar-refractivity contribution in [2.75, 3.05) is 11.9 Å². The first-order chi connectivity index (χ1) is 9.69. The molecule has 20 heavy (non-hydrogen) atoms. The maximum Gasteiger partial charge on any atom is 0.214 e. The molecule has 0 saturated heterocycles. The van der Waals surface area contributed by atoms with Crippen LogP contribution >= 0.6 is 15.9 Å². The average Bonchev–Trinajstić information content (AvgIpc) is 2.44. The van der Waals surface area contributed by atoms with E-state index in [4.69, 9.17) is 11.2 Å². The Bertz CT molecular complexity index is 640. The predicted octanol–water partition coefficient (Wildman–Crippen LogP) is 3.61. The van der Waals surface area contributed by atoms with Gasteiger partial charge in [-0.05, 0) is 30.3 Å². The number of aromatic nitrogens is 1. The van der Waals surface area contributed by atoms with Crippen LogP contribution < -0.4 is 10.1 Å². The molecule has 1 N–H and O–H groups in total. The van der Waals surface area contributed by atoms with Gasteiger partial charge in [-0.1, -0.05) is 27.9 Å². The third-order valence-corrected chi connectivity index (χ3v) is 3.00. The molecule has 1 aromatic heterocycles. The highest BCUT2D eigenvalue weighted by molar-refractivity contribution is 9.10. The molecule has 0 radical (unpaired) electrons. The van der Waals surface area contributed by atoms with Crippen molar-refractivity contribution in [2.24, 2.45) is 0 Å². The second-order valence-electron chi connectivity index (χ2n) is 3.94. The molecule has 0 saturated carbocycles. The minimum Gasteiger partial charge on any atom is -0.481 e. The molecule has 0 fully saturated rings. The second kappa shape index (κ2) is 6.92. The fraction of sp³-hybridized carbons (Fsp3) is 0.133. The summed E-state index contributed by atoms with van der Waals surface area (Å²) in [5, 5.41) is 3.04. The number of rotatable bonds is 5. The van der Waals surface area contributed by atoms with Crippen LogP contribution in [0.2, 0.25) is 0 Å². The molecule has 0 aliphatic heterocycles. The summed E-state index contributed by atoms with van der Waals surface area (Å²) >= 11 is 3.40. The van der Waals surface area contributed by atoms with E-state index in [-0.39, 0.29) is 6.61 Å². The Morgan fingerprint density at radius 3 is 2.95 bits per heavy atom. The number of nitrogens with one attached hydrogen (secondary N) is 1. The molecule has 0 aliphatic carbocycles. The van der Waals surface area contributed by atoms with Crippen molar-refractivity contribution in [1.82, 2.24) is 4.98 Å². The molecule has 0 spiro atoms. The van der Waals surface area contributed by atoms with Crippen LogP contribution in [0.3, 0.4) is 0 Å². The van der Waals surface area contributed by atoms with E-state index < -0.39 is 5.95 Å². The number of pyridine rings is 1. The van der Waals surface area contributed by atoms with Crippen molar-refractivity contribution in [1.29, 1.82) is 0 Å².